The van der Waals surface area contributed by atoms with Crippen molar-refractivity contribution in [1.82, 2.24) is 10.2 Å². The van der Waals surface area contributed by atoms with Gasteiger partial charge in [0.25, 0.3) is 0 Å². The molecule has 1 aliphatic rings. The zero-order valence-electron chi connectivity index (χ0n) is 14.8. The average molecular weight is 388 g/mol. The van der Waals surface area contributed by atoms with E-state index >= 15 is 0 Å². The molecule has 1 N–H and O–H groups in total. The Bertz CT molecular complexity index is 703. The van der Waals surface area contributed by atoms with Gasteiger partial charge in [0, 0.05) is 11.6 Å². The topological polar surface area (TPSA) is 69.7 Å². The Balaban J connectivity index is 1.93. The van der Waals surface area contributed by atoms with Gasteiger partial charge in [0.1, 0.15) is 6.54 Å². The fourth-order valence-electron chi connectivity index (χ4n) is 2.96. The van der Waals surface area contributed by atoms with Gasteiger partial charge in [0.2, 0.25) is 15.9 Å². The van der Waals surface area contributed by atoms with Crippen LogP contribution in [0.5, 0.6) is 0 Å². The van der Waals surface area contributed by atoms with Crippen LogP contribution in [-0.2, 0) is 14.8 Å². The average Bonchev–Trinajstić information content (AvgIpc) is 3.04. The molecular formula is C17H26ClN3O3S. The molecule has 25 heavy (non-hydrogen) atoms. The minimum Gasteiger partial charge on any atom is -0.354 e. The van der Waals surface area contributed by atoms with Crippen LogP contribution in [0, 0.1) is 6.92 Å². The summed E-state index contributed by atoms with van der Waals surface area (Å²) in [5.74, 6) is -0.314. The molecule has 0 spiro atoms. The number of benzene rings is 1. The predicted octanol–water partition coefficient (Wildman–Crippen LogP) is 2.02. The summed E-state index contributed by atoms with van der Waals surface area (Å²) in [7, 11) is -3.59. The molecule has 0 radical (unpaired) electrons. The number of hydrogen-bond donors (Lipinski definition) is 1. The van der Waals surface area contributed by atoms with Crippen LogP contribution in [0.1, 0.15) is 24.8 Å². The van der Waals surface area contributed by atoms with E-state index in [1.807, 2.05) is 0 Å². The highest BCUT2D eigenvalue weighted by Gasteiger charge is 2.22. The van der Waals surface area contributed by atoms with Crippen LogP contribution < -0.4 is 9.62 Å². The maximum Gasteiger partial charge on any atom is 0.240 e. The van der Waals surface area contributed by atoms with E-state index in [4.69, 9.17) is 11.6 Å². The normalized spacial score (nSPS) is 15.3. The number of carbonyl (C=O) groups excluding carboxylic acids is 1. The second kappa shape index (κ2) is 8.87. The van der Waals surface area contributed by atoms with E-state index in [1.54, 1.807) is 25.1 Å². The molecule has 8 heteroatoms. The van der Waals surface area contributed by atoms with Crippen molar-refractivity contribution in [2.45, 2.75) is 26.2 Å². The first kappa shape index (κ1) is 20.0. The largest absolute Gasteiger partial charge is 0.354 e. The lowest BCUT2D eigenvalue weighted by atomic mass is 10.2. The van der Waals surface area contributed by atoms with Crippen molar-refractivity contribution in [2.75, 3.05) is 43.3 Å². The number of likely N-dealkylation sites (tertiary alicyclic amines) is 1. The summed E-state index contributed by atoms with van der Waals surface area (Å²) in [6.07, 6.45) is 4.44. The highest BCUT2D eigenvalue weighted by atomic mass is 35.5. The Hall–Kier alpha value is -1.31. The van der Waals surface area contributed by atoms with Crippen molar-refractivity contribution in [3.63, 3.8) is 0 Å². The first-order chi connectivity index (χ1) is 11.8. The van der Waals surface area contributed by atoms with Crippen molar-refractivity contribution in [1.29, 1.82) is 0 Å². The lowest BCUT2D eigenvalue weighted by Crippen LogP contribution is -2.41. The van der Waals surface area contributed by atoms with Crippen LogP contribution in [0.15, 0.2) is 18.2 Å². The second-order valence-corrected chi connectivity index (χ2v) is 8.80. The minimum atomic E-state index is -3.59. The van der Waals surface area contributed by atoms with Crippen LogP contribution in [-0.4, -0.2) is 58.2 Å². The van der Waals surface area contributed by atoms with Crippen LogP contribution in [0.2, 0.25) is 5.02 Å². The summed E-state index contributed by atoms with van der Waals surface area (Å²) in [6, 6.07) is 5.00. The van der Waals surface area contributed by atoms with Crippen molar-refractivity contribution < 1.29 is 13.2 Å². The summed E-state index contributed by atoms with van der Waals surface area (Å²) in [5, 5.41) is 3.24. The van der Waals surface area contributed by atoms with E-state index < -0.39 is 10.0 Å². The number of sulfonamides is 1. The Labute approximate surface area is 155 Å². The highest BCUT2D eigenvalue weighted by molar-refractivity contribution is 7.92. The molecule has 140 valence electrons. The molecular weight excluding hydrogens is 362 g/mol. The van der Waals surface area contributed by atoms with Gasteiger partial charge in [-0.15, -0.1) is 0 Å². The van der Waals surface area contributed by atoms with Gasteiger partial charge in [-0.05, 0) is 63.5 Å². The summed E-state index contributed by atoms with van der Waals surface area (Å²) < 4.78 is 25.4. The maximum absolute atomic E-state index is 12.2. The molecule has 0 aliphatic carbocycles. The number of nitrogens with zero attached hydrogens (tertiary/aromatic N) is 2. The summed E-state index contributed by atoms with van der Waals surface area (Å²) >= 11 is 5.99. The molecule has 1 aliphatic heterocycles. The van der Waals surface area contributed by atoms with Crippen LogP contribution in [0.3, 0.4) is 0 Å². The molecule has 0 unspecified atom stereocenters. The van der Waals surface area contributed by atoms with Gasteiger partial charge in [0.05, 0.1) is 11.9 Å². The molecule has 0 atom stereocenters. The first-order valence-corrected chi connectivity index (χ1v) is 10.7. The molecule has 0 saturated carbocycles. The quantitative estimate of drug-likeness (QED) is 0.693. The van der Waals surface area contributed by atoms with E-state index in [0.717, 1.165) is 42.2 Å². The van der Waals surface area contributed by atoms with E-state index in [1.165, 1.54) is 12.8 Å². The standard InChI is InChI=1S/C17H26ClN3O3S/c1-14-6-7-15(18)12-16(14)21(25(2,23)24)13-17(22)19-8-5-11-20-9-3-4-10-20/h6-7,12H,3-5,8-11,13H2,1-2H3,(H,19,22). The number of rotatable bonds is 8. The Morgan fingerprint density at radius 2 is 2.00 bits per heavy atom. The molecule has 6 nitrogen and oxygen atoms in total. The SMILES string of the molecule is Cc1ccc(Cl)cc1N(CC(=O)NCCCN1CCCC1)S(C)(=O)=O. The molecule has 1 aromatic rings. The first-order valence-electron chi connectivity index (χ1n) is 8.50. The number of nitrogens with one attached hydrogen (secondary N) is 1. The molecule has 0 aromatic heterocycles. The third-order valence-electron chi connectivity index (χ3n) is 4.30. The van der Waals surface area contributed by atoms with Gasteiger partial charge in [-0.3, -0.25) is 9.10 Å². The van der Waals surface area contributed by atoms with Gasteiger partial charge in [-0.25, -0.2) is 8.42 Å². The number of halogens is 1. The third kappa shape index (κ3) is 6.17. The second-order valence-electron chi connectivity index (χ2n) is 6.45. The number of hydrogen-bond acceptors (Lipinski definition) is 4. The maximum atomic E-state index is 12.2. The number of aryl methyl sites for hydroxylation is 1. The predicted molar refractivity (Wildman–Crippen MR) is 102 cm³/mol. The molecule has 1 amide bonds. The summed E-state index contributed by atoms with van der Waals surface area (Å²) in [4.78, 5) is 14.6. The fraction of sp³-hybridized carbons (Fsp3) is 0.588. The van der Waals surface area contributed by atoms with Crippen molar-refractivity contribution in [2.24, 2.45) is 0 Å². The fourth-order valence-corrected chi connectivity index (χ4v) is 4.03. The molecule has 1 heterocycles. The monoisotopic (exact) mass is 387 g/mol. The third-order valence-corrected chi connectivity index (χ3v) is 5.66. The zero-order chi connectivity index (χ0) is 18.4. The van der Waals surface area contributed by atoms with Crippen molar-refractivity contribution in [3.8, 4) is 0 Å². The summed E-state index contributed by atoms with van der Waals surface area (Å²) in [5.41, 5.74) is 1.18. The number of anilines is 1. The minimum absolute atomic E-state index is 0.246. The Kier molecular flexibility index (Phi) is 7.10. The lowest BCUT2D eigenvalue weighted by molar-refractivity contribution is -0.119. The van der Waals surface area contributed by atoms with Gasteiger partial charge in [0.15, 0.2) is 0 Å². The van der Waals surface area contributed by atoms with E-state index in [0.29, 0.717) is 17.3 Å². The van der Waals surface area contributed by atoms with Crippen LogP contribution in [0.25, 0.3) is 0 Å². The Morgan fingerprint density at radius 3 is 2.64 bits per heavy atom. The van der Waals surface area contributed by atoms with Gasteiger partial charge in [-0.2, -0.15) is 0 Å². The molecule has 1 aromatic carbocycles. The van der Waals surface area contributed by atoms with E-state index in [-0.39, 0.29) is 12.5 Å². The Morgan fingerprint density at radius 1 is 1.32 bits per heavy atom. The summed E-state index contributed by atoms with van der Waals surface area (Å²) in [6.45, 7) is 5.31. The highest BCUT2D eigenvalue weighted by Crippen LogP contribution is 2.26. The smallest absolute Gasteiger partial charge is 0.240 e. The lowest BCUT2D eigenvalue weighted by Gasteiger charge is -2.24. The van der Waals surface area contributed by atoms with E-state index in [9.17, 15) is 13.2 Å². The van der Waals surface area contributed by atoms with Gasteiger partial charge < -0.3 is 10.2 Å². The number of carbonyl (C=O) groups is 1. The van der Waals surface area contributed by atoms with Crippen molar-refractivity contribution >= 4 is 33.2 Å². The molecule has 2 rings (SSSR count). The van der Waals surface area contributed by atoms with Gasteiger partial charge >= 0.3 is 0 Å². The number of amides is 1. The molecule has 0 bridgehead atoms. The van der Waals surface area contributed by atoms with Crippen LogP contribution in [0.4, 0.5) is 5.69 Å². The van der Waals surface area contributed by atoms with Gasteiger partial charge in [-0.1, -0.05) is 17.7 Å². The van der Waals surface area contributed by atoms with Crippen molar-refractivity contribution in [3.05, 3.63) is 28.8 Å². The van der Waals surface area contributed by atoms with Crippen LogP contribution >= 0.6 is 11.6 Å². The molecule has 1 saturated heterocycles. The zero-order valence-corrected chi connectivity index (χ0v) is 16.4. The molecule has 1 fully saturated rings. The van der Waals surface area contributed by atoms with E-state index in [2.05, 4.69) is 10.2 Å².